The number of amides is 1. The minimum absolute atomic E-state index is 0.00748. The zero-order valence-electron chi connectivity index (χ0n) is 10.5. The van der Waals surface area contributed by atoms with Crippen LogP contribution in [-0.2, 0) is 11.2 Å². The van der Waals surface area contributed by atoms with Gasteiger partial charge in [-0.1, -0.05) is 0 Å². The molecule has 0 saturated carbocycles. The number of carbonyl (C=O) groups is 2. The average molecular weight is 290 g/mol. The maximum absolute atomic E-state index is 11.7. The molecular formula is C12H10N4O5. The molecule has 2 aromatic rings. The van der Waals surface area contributed by atoms with Gasteiger partial charge in [0.15, 0.2) is 0 Å². The summed E-state index contributed by atoms with van der Waals surface area (Å²) < 4.78 is 0. The monoisotopic (exact) mass is 290 g/mol. The molecule has 0 atom stereocenters. The molecule has 0 saturated heterocycles. The minimum atomic E-state index is -1.12. The number of aromatic carboxylic acids is 1. The van der Waals surface area contributed by atoms with E-state index in [1.807, 2.05) is 4.98 Å². The van der Waals surface area contributed by atoms with E-state index in [0.29, 0.717) is 0 Å². The van der Waals surface area contributed by atoms with Gasteiger partial charge in [0, 0.05) is 18.0 Å². The van der Waals surface area contributed by atoms with Gasteiger partial charge in [-0.2, -0.15) is 0 Å². The highest BCUT2D eigenvalue weighted by molar-refractivity contribution is 5.92. The largest absolute Gasteiger partial charge is 0.478 e. The van der Waals surface area contributed by atoms with Crippen molar-refractivity contribution in [3.63, 3.8) is 0 Å². The molecular weight excluding hydrogens is 280 g/mol. The van der Waals surface area contributed by atoms with Crippen LogP contribution in [0.15, 0.2) is 34.0 Å². The zero-order chi connectivity index (χ0) is 15.4. The molecule has 2 heterocycles. The number of carboxylic acid groups (broad SMARTS) is 1. The average Bonchev–Trinajstić information content (AvgIpc) is 2.37. The van der Waals surface area contributed by atoms with Crippen LogP contribution in [0.1, 0.15) is 16.1 Å². The molecule has 1 amide bonds. The summed E-state index contributed by atoms with van der Waals surface area (Å²) in [5, 5.41) is 11.1. The van der Waals surface area contributed by atoms with Crippen LogP contribution in [0.25, 0.3) is 0 Å². The number of carbonyl (C=O) groups excluding carboxylic acids is 1. The van der Waals surface area contributed by atoms with Crippen molar-refractivity contribution < 1.29 is 14.7 Å². The van der Waals surface area contributed by atoms with Crippen molar-refractivity contribution >= 4 is 17.7 Å². The van der Waals surface area contributed by atoms with Gasteiger partial charge in [-0.3, -0.25) is 14.6 Å². The lowest BCUT2D eigenvalue weighted by molar-refractivity contribution is -0.115. The Kier molecular flexibility index (Phi) is 3.93. The number of nitrogens with zero attached hydrogens (tertiary/aromatic N) is 1. The normalized spacial score (nSPS) is 10.1. The number of carboxylic acids is 1. The number of hydrogen-bond acceptors (Lipinski definition) is 5. The Morgan fingerprint density at radius 2 is 2.00 bits per heavy atom. The van der Waals surface area contributed by atoms with Crippen molar-refractivity contribution in [3.05, 3.63) is 56.5 Å². The molecule has 0 spiro atoms. The number of rotatable bonds is 4. The third-order valence-electron chi connectivity index (χ3n) is 2.45. The molecule has 9 heteroatoms. The third-order valence-corrected chi connectivity index (χ3v) is 2.45. The Morgan fingerprint density at radius 3 is 2.57 bits per heavy atom. The number of aromatic nitrogens is 3. The van der Waals surface area contributed by atoms with E-state index in [0.717, 1.165) is 12.3 Å². The molecule has 2 rings (SSSR count). The van der Waals surface area contributed by atoms with Crippen LogP contribution in [0, 0.1) is 0 Å². The van der Waals surface area contributed by atoms with Gasteiger partial charge < -0.3 is 15.4 Å². The Morgan fingerprint density at radius 1 is 1.24 bits per heavy atom. The Hall–Kier alpha value is -3.23. The first kappa shape index (κ1) is 14.2. The zero-order valence-corrected chi connectivity index (χ0v) is 10.5. The van der Waals surface area contributed by atoms with Crippen molar-refractivity contribution in [2.75, 3.05) is 5.32 Å². The van der Waals surface area contributed by atoms with Crippen LogP contribution in [0.5, 0.6) is 0 Å². The van der Waals surface area contributed by atoms with Gasteiger partial charge in [0.2, 0.25) is 5.91 Å². The van der Waals surface area contributed by atoms with Crippen molar-refractivity contribution in [2.24, 2.45) is 0 Å². The predicted octanol–water partition coefficient (Wildman–Crippen LogP) is -0.662. The Balaban J connectivity index is 2.06. The SMILES string of the molecule is O=C(Cc1cc(=O)[nH]c(=O)[nH]1)Nc1ccc(C(=O)O)cn1. The number of nitrogens with one attached hydrogen (secondary N) is 3. The second-order valence-corrected chi connectivity index (χ2v) is 4.08. The molecule has 0 radical (unpaired) electrons. The Bertz CT molecular complexity index is 762. The standard InChI is InChI=1S/C12H10N4O5/c17-9(3-7-4-10(18)16-12(21)14-7)15-8-2-1-6(5-13-8)11(19)20/h1-2,4-5H,3H2,(H,19,20)(H,13,15,17)(H2,14,16,18,21). The molecule has 0 aliphatic carbocycles. The van der Waals surface area contributed by atoms with E-state index in [9.17, 15) is 19.2 Å². The topological polar surface area (TPSA) is 145 Å². The van der Waals surface area contributed by atoms with Crippen LogP contribution >= 0.6 is 0 Å². The summed E-state index contributed by atoms with van der Waals surface area (Å²) in [5.41, 5.74) is -1.16. The van der Waals surface area contributed by atoms with Gasteiger partial charge in [-0.15, -0.1) is 0 Å². The van der Waals surface area contributed by atoms with Crippen LogP contribution in [0.3, 0.4) is 0 Å². The third kappa shape index (κ3) is 3.86. The molecule has 21 heavy (non-hydrogen) atoms. The fourth-order valence-electron chi connectivity index (χ4n) is 1.57. The number of H-pyrrole nitrogens is 2. The van der Waals surface area contributed by atoms with Gasteiger partial charge in [-0.25, -0.2) is 14.6 Å². The van der Waals surface area contributed by atoms with E-state index >= 15 is 0 Å². The van der Waals surface area contributed by atoms with Crippen molar-refractivity contribution in [1.82, 2.24) is 15.0 Å². The summed E-state index contributed by atoms with van der Waals surface area (Å²) in [6, 6.07) is 3.73. The fraction of sp³-hybridized carbons (Fsp3) is 0.0833. The van der Waals surface area contributed by atoms with Crippen LogP contribution < -0.4 is 16.6 Å². The molecule has 0 fully saturated rings. The maximum Gasteiger partial charge on any atom is 0.337 e. The van der Waals surface area contributed by atoms with E-state index < -0.39 is 23.1 Å². The van der Waals surface area contributed by atoms with Gasteiger partial charge in [0.05, 0.1) is 12.0 Å². The second-order valence-electron chi connectivity index (χ2n) is 4.08. The van der Waals surface area contributed by atoms with E-state index in [2.05, 4.69) is 15.3 Å². The second kappa shape index (κ2) is 5.82. The molecule has 0 aliphatic heterocycles. The summed E-state index contributed by atoms with van der Waals surface area (Å²) in [6.45, 7) is 0. The highest BCUT2D eigenvalue weighted by Crippen LogP contribution is 2.05. The fourth-order valence-corrected chi connectivity index (χ4v) is 1.57. The van der Waals surface area contributed by atoms with Crippen LogP contribution in [0.4, 0.5) is 5.82 Å². The summed E-state index contributed by atoms with van der Waals surface area (Å²) in [7, 11) is 0. The van der Waals surface area contributed by atoms with Crippen molar-refractivity contribution in [3.8, 4) is 0 Å². The Labute approximate surface area is 116 Å². The van der Waals surface area contributed by atoms with E-state index in [-0.39, 0.29) is 23.5 Å². The molecule has 0 aromatic carbocycles. The smallest absolute Gasteiger partial charge is 0.337 e. The summed E-state index contributed by atoms with van der Waals surface area (Å²) >= 11 is 0. The van der Waals surface area contributed by atoms with Crippen molar-refractivity contribution in [2.45, 2.75) is 6.42 Å². The molecule has 108 valence electrons. The van der Waals surface area contributed by atoms with Crippen LogP contribution in [-0.4, -0.2) is 31.9 Å². The van der Waals surface area contributed by atoms with Gasteiger partial charge in [-0.05, 0) is 12.1 Å². The molecule has 0 bridgehead atoms. The molecule has 2 aromatic heterocycles. The van der Waals surface area contributed by atoms with E-state index in [1.54, 1.807) is 0 Å². The molecule has 4 N–H and O–H groups in total. The predicted molar refractivity (Wildman–Crippen MR) is 71.2 cm³/mol. The van der Waals surface area contributed by atoms with Gasteiger partial charge in [0.1, 0.15) is 5.82 Å². The number of anilines is 1. The lowest BCUT2D eigenvalue weighted by Gasteiger charge is -2.04. The number of aromatic amines is 2. The molecule has 0 unspecified atom stereocenters. The lowest BCUT2D eigenvalue weighted by Crippen LogP contribution is -2.25. The number of pyridine rings is 1. The van der Waals surface area contributed by atoms with Crippen molar-refractivity contribution in [1.29, 1.82) is 0 Å². The molecule has 9 nitrogen and oxygen atoms in total. The summed E-state index contributed by atoms with van der Waals surface area (Å²) in [6.07, 6.45) is 0.883. The quantitative estimate of drug-likeness (QED) is 0.588. The van der Waals surface area contributed by atoms with Crippen LogP contribution in [0.2, 0.25) is 0 Å². The van der Waals surface area contributed by atoms with Gasteiger partial charge in [0.25, 0.3) is 5.56 Å². The molecule has 0 aliphatic rings. The minimum Gasteiger partial charge on any atom is -0.478 e. The van der Waals surface area contributed by atoms with E-state index in [4.69, 9.17) is 5.11 Å². The highest BCUT2D eigenvalue weighted by atomic mass is 16.4. The van der Waals surface area contributed by atoms with E-state index in [1.165, 1.54) is 12.1 Å². The lowest BCUT2D eigenvalue weighted by atomic mass is 10.2. The summed E-state index contributed by atoms with van der Waals surface area (Å²) in [5.74, 6) is -1.47. The number of hydrogen-bond donors (Lipinski definition) is 4. The first-order valence-corrected chi connectivity index (χ1v) is 5.76. The highest BCUT2D eigenvalue weighted by Gasteiger charge is 2.08. The first-order chi connectivity index (χ1) is 9.94. The van der Waals surface area contributed by atoms with Gasteiger partial charge >= 0.3 is 11.7 Å². The maximum atomic E-state index is 11.7. The summed E-state index contributed by atoms with van der Waals surface area (Å²) in [4.78, 5) is 52.6. The first-order valence-electron chi connectivity index (χ1n) is 5.76.